The average molecular weight is 292 g/mol. The third-order valence-electron chi connectivity index (χ3n) is 2.25. The number of nitrogens with zero attached hydrogens (tertiary/aromatic N) is 1. The summed E-state index contributed by atoms with van der Waals surface area (Å²) in [5.74, 6) is -1.20. The zero-order chi connectivity index (χ0) is 14.0. The van der Waals surface area contributed by atoms with Crippen LogP contribution in [0.4, 0.5) is 17.6 Å². The largest absolute Gasteiger partial charge is 0.573 e. The zero-order valence-corrected chi connectivity index (χ0v) is 9.97. The topological polar surface area (TPSA) is 22.1 Å². The van der Waals surface area contributed by atoms with E-state index in [-0.39, 0.29) is 10.8 Å². The second-order valence-electron chi connectivity index (χ2n) is 3.54. The number of benzene rings is 1. The lowest BCUT2D eigenvalue weighted by atomic mass is 10.1. The van der Waals surface area contributed by atoms with Crippen molar-refractivity contribution in [2.24, 2.45) is 0 Å². The molecule has 100 valence electrons. The fourth-order valence-corrected chi connectivity index (χ4v) is 1.70. The van der Waals surface area contributed by atoms with Gasteiger partial charge in [0.1, 0.15) is 10.8 Å². The lowest BCUT2D eigenvalue weighted by Gasteiger charge is -2.10. The van der Waals surface area contributed by atoms with Crippen molar-refractivity contribution < 1.29 is 22.3 Å². The van der Waals surface area contributed by atoms with Crippen molar-refractivity contribution in [1.29, 1.82) is 0 Å². The van der Waals surface area contributed by atoms with E-state index in [2.05, 4.69) is 9.72 Å². The minimum atomic E-state index is -4.75. The van der Waals surface area contributed by atoms with Crippen LogP contribution in [0.2, 0.25) is 5.02 Å². The van der Waals surface area contributed by atoms with Crippen LogP contribution in [0.5, 0.6) is 5.75 Å². The lowest BCUT2D eigenvalue weighted by Crippen LogP contribution is -2.16. The summed E-state index contributed by atoms with van der Waals surface area (Å²) in [6.07, 6.45) is -3.53. The smallest absolute Gasteiger partial charge is 0.406 e. The molecular formula is C12H6ClF4NO. The summed E-state index contributed by atoms with van der Waals surface area (Å²) in [6.45, 7) is 0. The maximum absolute atomic E-state index is 13.2. The molecule has 1 heterocycles. The third kappa shape index (κ3) is 3.35. The summed E-state index contributed by atoms with van der Waals surface area (Å²) in [6, 6.07) is 6.41. The Balaban J connectivity index is 2.30. The number of halogens is 5. The molecule has 0 aliphatic rings. The molecule has 7 heteroatoms. The molecule has 0 amide bonds. The highest BCUT2D eigenvalue weighted by atomic mass is 35.5. The summed E-state index contributed by atoms with van der Waals surface area (Å²) in [4.78, 5) is 3.36. The first-order valence-electron chi connectivity index (χ1n) is 5.03. The Morgan fingerprint density at radius 2 is 1.68 bits per heavy atom. The van der Waals surface area contributed by atoms with Gasteiger partial charge in [0, 0.05) is 11.8 Å². The van der Waals surface area contributed by atoms with Crippen LogP contribution < -0.4 is 4.74 Å². The van der Waals surface area contributed by atoms with Crippen LogP contribution in [0.25, 0.3) is 11.1 Å². The van der Waals surface area contributed by atoms with Crippen LogP contribution >= 0.6 is 11.6 Å². The minimum absolute atomic E-state index is 0.188. The molecule has 0 atom stereocenters. The Kier molecular flexibility index (Phi) is 3.61. The van der Waals surface area contributed by atoms with E-state index in [1.165, 1.54) is 24.4 Å². The van der Waals surface area contributed by atoms with Crippen molar-refractivity contribution in [2.75, 3.05) is 0 Å². The van der Waals surface area contributed by atoms with Gasteiger partial charge in [-0.15, -0.1) is 13.2 Å². The molecule has 0 saturated carbocycles. The van der Waals surface area contributed by atoms with Gasteiger partial charge in [-0.25, -0.2) is 4.98 Å². The molecule has 0 unspecified atom stereocenters. The Morgan fingerprint density at radius 3 is 2.26 bits per heavy atom. The normalized spacial score (nSPS) is 11.4. The molecule has 0 spiro atoms. The molecule has 2 nitrogen and oxygen atoms in total. The fraction of sp³-hybridized carbons (Fsp3) is 0.0833. The first kappa shape index (κ1) is 13.6. The zero-order valence-electron chi connectivity index (χ0n) is 9.21. The number of hydrogen-bond acceptors (Lipinski definition) is 2. The van der Waals surface area contributed by atoms with E-state index < -0.39 is 12.3 Å². The highest BCUT2D eigenvalue weighted by Crippen LogP contribution is 2.31. The molecule has 0 bridgehead atoms. The Labute approximate surface area is 110 Å². The van der Waals surface area contributed by atoms with Crippen molar-refractivity contribution in [2.45, 2.75) is 6.36 Å². The molecule has 0 aliphatic heterocycles. The van der Waals surface area contributed by atoms with Crippen molar-refractivity contribution >= 4 is 11.6 Å². The third-order valence-corrected chi connectivity index (χ3v) is 2.61. The van der Waals surface area contributed by atoms with Crippen molar-refractivity contribution in [3.63, 3.8) is 0 Å². The van der Waals surface area contributed by atoms with Gasteiger partial charge in [0.15, 0.2) is 0 Å². The highest BCUT2D eigenvalue weighted by molar-refractivity contribution is 6.33. The first-order valence-corrected chi connectivity index (χ1v) is 5.41. The monoisotopic (exact) mass is 291 g/mol. The lowest BCUT2D eigenvalue weighted by molar-refractivity contribution is -0.274. The summed E-state index contributed by atoms with van der Waals surface area (Å²) in [7, 11) is 0. The molecule has 0 radical (unpaired) electrons. The Morgan fingerprint density at radius 1 is 1.05 bits per heavy atom. The molecule has 19 heavy (non-hydrogen) atoms. The second-order valence-corrected chi connectivity index (χ2v) is 3.91. The summed E-state index contributed by atoms with van der Waals surface area (Å²) in [5.41, 5.74) is 0.800. The minimum Gasteiger partial charge on any atom is -0.406 e. The summed E-state index contributed by atoms with van der Waals surface area (Å²) in [5, 5.41) is -0.188. The summed E-state index contributed by atoms with van der Waals surface area (Å²) >= 11 is 5.73. The van der Waals surface area contributed by atoms with Crippen LogP contribution in [0.15, 0.2) is 36.5 Å². The van der Waals surface area contributed by atoms with E-state index in [0.717, 1.165) is 12.1 Å². The SMILES string of the molecule is Fc1nccc(-c2ccc(OC(F)(F)F)cc2)c1Cl. The molecular weight excluding hydrogens is 286 g/mol. The van der Waals surface area contributed by atoms with Gasteiger partial charge in [0.2, 0.25) is 5.95 Å². The van der Waals surface area contributed by atoms with E-state index >= 15 is 0 Å². The van der Waals surface area contributed by atoms with Gasteiger partial charge in [-0.05, 0) is 23.8 Å². The van der Waals surface area contributed by atoms with Gasteiger partial charge >= 0.3 is 6.36 Å². The number of ether oxygens (including phenoxy) is 1. The van der Waals surface area contributed by atoms with Crippen LogP contribution in [0.1, 0.15) is 0 Å². The predicted octanol–water partition coefficient (Wildman–Crippen LogP) is 4.44. The van der Waals surface area contributed by atoms with Crippen LogP contribution in [-0.2, 0) is 0 Å². The van der Waals surface area contributed by atoms with Gasteiger partial charge in [-0.1, -0.05) is 23.7 Å². The predicted molar refractivity (Wildman–Crippen MR) is 61.3 cm³/mol. The maximum Gasteiger partial charge on any atom is 0.573 e. The molecule has 0 saturated heterocycles. The molecule has 2 aromatic rings. The first-order chi connectivity index (χ1) is 8.87. The van der Waals surface area contributed by atoms with Crippen molar-refractivity contribution in [1.82, 2.24) is 4.98 Å². The Bertz CT molecular complexity index is 583. The van der Waals surface area contributed by atoms with Gasteiger partial charge in [-0.3, -0.25) is 0 Å². The van der Waals surface area contributed by atoms with Crippen LogP contribution in [0.3, 0.4) is 0 Å². The van der Waals surface area contributed by atoms with Gasteiger partial charge in [-0.2, -0.15) is 4.39 Å². The summed E-state index contributed by atoms with van der Waals surface area (Å²) < 4.78 is 52.8. The maximum atomic E-state index is 13.2. The molecule has 0 N–H and O–H groups in total. The molecule has 0 aliphatic carbocycles. The molecule has 1 aromatic heterocycles. The van der Waals surface area contributed by atoms with Crippen molar-refractivity contribution in [3.8, 4) is 16.9 Å². The number of hydrogen-bond donors (Lipinski definition) is 0. The van der Waals surface area contributed by atoms with Crippen LogP contribution in [0, 0.1) is 5.95 Å². The van der Waals surface area contributed by atoms with E-state index in [1.54, 1.807) is 0 Å². The number of rotatable bonds is 2. The van der Waals surface area contributed by atoms with E-state index in [1.807, 2.05) is 0 Å². The molecule has 2 rings (SSSR count). The molecule has 0 fully saturated rings. The standard InChI is InChI=1S/C12H6ClF4NO/c13-10-9(5-6-18-11(10)14)7-1-3-8(4-2-7)19-12(15,16)17/h1-6H. The van der Waals surface area contributed by atoms with Gasteiger partial charge < -0.3 is 4.74 Å². The van der Waals surface area contributed by atoms with E-state index in [0.29, 0.717) is 11.1 Å². The number of alkyl halides is 3. The van der Waals surface area contributed by atoms with Gasteiger partial charge in [0.25, 0.3) is 0 Å². The van der Waals surface area contributed by atoms with Crippen molar-refractivity contribution in [3.05, 3.63) is 47.5 Å². The number of pyridine rings is 1. The van der Waals surface area contributed by atoms with E-state index in [9.17, 15) is 17.6 Å². The average Bonchev–Trinajstić information content (AvgIpc) is 2.32. The van der Waals surface area contributed by atoms with E-state index in [4.69, 9.17) is 11.6 Å². The van der Waals surface area contributed by atoms with Crippen LogP contribution in [-0.4, -0.2) is 11.3 Å². The fourth-order valence-electron chi connectivity index (χ4n) is 1.48. The van der Waals surface area contributed by atoms with Gasteiger partial charge in [0.05, 0.1) is 0 Å². The quantitative estimate of drug-likeness (QED) is 0.603. The number of aromatic nitrogens is 1. The Hall–Kier alpha value is -1.82. The molecule has 1 aromatic carbocycles. The highest BCUT2D eigenvalue weighted by Gasteiger charge is 2.30. The second kappa shape index (κ2) is 5.05.